The zero-order valence-electron chi connectivity index (χ0n) is 15.3. The molecule has 6 heteroatoms. The second kappa shape index (κ2) is 7.48. The van der Waals surface area contributed by atoms with Gasteiger partial charge in [-0.25, -0.2) is 4.68 Å². The van der Waals surface area contributed by atoms with Crippen LogP contribution in [0.2, 0.25) is 0 Å². The number of aliphatic hydroxyl groups is 1. The molecule has 1 amide bonds. The van der Waals surface area contributed by atoms with Crippen LogP contribution in [0.3, 0.4) is 0 Å². The number of hydrogen-bond acceptors (Lipinski definition) is 4. The minimum atomic E-state index is -0.783. The number of para-hydroxylation sites is 1. The van der Waals surface area contributed by atoms with E-state index in [4.69, 9.17) is 0 Å². The van der Waals surface area contributed by atoms with Gasteiger partial charge in [-0.2, -0.15) is 0 Å². The van der Waals surface area contributed by atoms with Crippen molar-refractivity contribution in [3.63, 3.8) is 0 Å². The summed E-state index contributed by atoms with van der Waals surface area (Å²) in [7, 11) is 0. The van der Waals surface area contributed by atoms with E-state index in [1.165, 1.54) is 0 Å². The molecule has 27 heavy (non-hydrogen) atoms. The van der Waals surface area contributed by atoms with E-state index < -0.39 is 5.60 Å². The van der Waals surface area contributed by atoms with Crippen molar-refractivity contribution < 1.29 is 9.90 Å². The Balaban J connectivity index is 1.55. The average molecular weight is 364 g/mol. The molecule has 0 unspecified atom stereocenters. The Labute approximate surface area is 158 Å². The summed E-state index contributed by atoms with van der Waals surface area (Å²) in [6.45, 7) is 0.950. The topological polar surface area (TPSA) is 71.2 Å². The van der Waals surface area contributed by atoms with E-state index in [0.29, 0.717) is 13.1 Å². The number of carbonyl (C=O) groups is 1. The van der Waals surface area contributed by atoms with Crippen molar-refractivity contribution in [3.05, 3.63) is 60.2 Å². The van der Waals surface area contributed by atoms with E-state index in [-0.39, 0.29) is 12.5 Å². The zero-order valence-corrected chi connectivity index (χ0v) is 15.3. The Kier molecular flexibility index (Phi) is 4.90. The first-order valence-corrected chi connectivity index (χ1v) is 9.45. The van der Waals surface area contributed by atoms with Crippen molar-refractivity contribution in [2.45, 2.75) is 44.4 Å². The van der Waals surface area contributed by atoms with Gasteiger partial charge in [0.15, 0.2) is 0 Å². The predicted octanol–water partition coefficient (Wildman–Crippen LogP) is 2.77. The largest absolute Gasteiger partial charge is 0.388 e. The summed E-state index contributed by atoms with van der Waals surface area (Å²) in [5.74, 6) is -0.0603. The minimum Gasteiger partial charge on any atom is -0.388 e. The highest BCUT2D eigenvalue weighted by Gasteiger charge is 2.34. The Morgan fingerprint density at radius 3 is 2.56 bits per heavy atom. The first-order valence-electron chi connectivity index (χ1n) is 9.45. The molecule has 0 aliphatic heterocycles. The Morgan fingerprint density at radius 1 is 1.07 bits per heavy atom. The number of fused-ring (bicyclic) bond motifs is 1. The van der Waals surface area contributed by atoms with E-state index in [9.17, 15) is 9.90 Å². The van der Waals surface area contributed by atoms with Crippen LogP contribution in [0.4, 0.5) is 0 Å². The number of rotatable bonds is 6. The summed E-state index contributed by atoms with van der Waals surface area (Å²) < 4.78 is 1.63. The van der Waals surface area contributed by atoms with Crippen molar-refractivity contribution in [2.75, 3.05) is 6.54 Å². The number of carbonyl (C=O) groups excluding carboxylic acids is 1. The lowest BCUT2D eigenvalue weighted by molar-refractivity contribution is -0.136. The third kappa shape index (κ3) is 4.01. The fraction of sp³-hybridized carbons (Fsp3) is 0.381. The van der Waals surface area contributed by atoms with Gasteiger partial charge < -0.3 is 10.0 Å². The van der Waals surface area contributed by atoms with Gasteiger partial charge in [-0.3, -0.25) is 4.79 Å². The van der Waals surface area contributed by atoms with Gasteiger partial charge in [-0.15, -0.1) is 5.10 Å². The summed E-state index contributed by atoms with van der Waals surface area (Å²) in [5.41, 5.74) is 1.88. The molecule has 1 aliphatic carbocycles. The second-order valence-corrected chi connectivity index (χ2v) is 7.40. The Hall–Kier alpha value is -2.73. The molecule has 1 heterocycles. The van der Waals surface area contributed by atoms with E-state index >= 15 is 0 Å². The molecule has 140 valence electrons. The molecule has 3 aromatic rings. The van der Waals surface area contributed by atoms with Crippen LogP contribution >= 0.6 is 0 Å². The van der Waals surface area contributed by atoms with Crippen LogP contribution in [0.1, 0.15) is 31.2 Å². The van der Waals surface area contributed by atoms with Crippen LogP contribution in [0.5, 0.6) is 0 Å². The number of aromatic nitrogens is 3. The molecule has 4 rings (SSSR count). The quantitative estimate of drug-likeness (QED) is 0.730. The monoisotopic (exact) mass is 364 g/mol. The lowest BCUT2D eigenvalue weighted by atomic mass is 10.0. The van der Waals surface area contributed by atoms with Gasteiger partial charge in [0.1, 0.15) is 12.1 Å². The van der Waals surface area contributed by atoms with Crippen LogP contribution in [-0.4, -0.2) is 43.1 Å². The fourth-order valence-corrected chi connectivity index (χ4v) is 3.84. The highest BCUT2D eigenvalue weighted by atomic mass is 16.3. The predicted molar refractivity (Wildman–Crippen MR) is 103 cm³/mol. The van der Waals surface area contributed by atoms with Gasteiger partial charge in [0.25, 0.3) is 0 Å². The number of nitrogens with zero attached hydrogens (tertiary/aromatic N) is 4. The minimum absolute atomic E-state index is 0.0603. The van der Waals surface area contributed by atoms with Crippen molar-refractivity contribution >= 4 is 16.9 Å². The van der Waals surface area contributed by atoms with Crippen LogP contribution in [0.15, 0.2) is 54.6 Å². The van der Waals surface area contributed by atoms with Gasteiger partial charge in [-0.05, 0) is 30.5 Å². The first kappa shape index (κ1) is 17.7. The second-order valence-electron chi connectivity index (χ2n) is 7.40. The SMILES string of the molecule is O=C(Cn1nnc2ccccc21)N(Cc1ccccc1)CC1(O)CCCC1. The standard InChI is InChI=1S/C21H24N4O2/c26-20(15-25-19-11-5-4-10-18(19)22-23-25)24(14-17-8-2-1-3-9-17)16-21(27)12-6-7-13-21/h1-5,8-11,27H,6-7,12-16H2. The normalized spacial score (nSPS) is 15.9. The molecule has 0 spiro atoms. The van der Waals surface area contributed by atoms with Gasteiger partial charge in [-0.1, -0.05) is 60.5 Å². The van der Waals surface area contributed by atoms with E-state index in [2.05, 4.69) is 10.3 Å². The van der Waals surface area contributed by atoms with E-state index in [1.807, 2.05) is 54.6 Å². The van der Waals surface area contributed by atoms with Crippen molar-refractivity contribution in [1.82, 2.24) is 19.9 Å². The van der Waals surface area contributed by atoms with E-state index in [0.717, 1.165) is 42.3 Å². The van der Waals surface area contributed by atoms with Crippen molar-refractivity contribution in [2.24, 2.45) is 0 Å². The highest BCUT2D eigenvalue weighted by Crippen LogP contribution is 2.30. The summed E-state index contributed by atoms with van der Waals surface area (Å²) >= 11 is 0. The van der Waals surface area contributed by atoms with Crippen molar-refractivity contribution in [1.29, 1.82) is 0 Å². The number of amides is 1. The molecular formula is C21H24N4O2. The molecule has 1 N–H and O–H groups in total. The first-order chi connectivity index (χ1) is 13.1. The van der Waals surface area contributed by atoms with Gasteiger partial charge in [0, 0.05) is 13.1 Å². The molecular weight excluding hydrogens is 340 g/mol. The molecule has 0 bridgehead atoms. The molecule has 2 aromatic carbocycles. The van der Waals surface area contributed by atoms with Gasteiger partial charge in [0.2, 0.25) is 5.91 Å². The summed E-state index contributed by atoms with van der Waals surface area (Å²) in [6, 6.07) is 17.5. The molecule has 1 fully saturated rings. The summed E-state index contributed by atoms with van der Waals surface area (Å²) in [4.78, 5) is 14.9. The summed E-state index contributed by atoms with van der Waals surface area (Å²) in [6.07, 6.45) is 3.52. The third-order valence-corrected chi connectivity index (χ3v) is 5.29. The maximum atomic E-state index is 13.1. The van der Waals surface area contributed by atoms with Crippen molar-refractivity contribution in [3.8, 4) is 0 Å². The van der Waals surface area contributed by atoms with Crippen LogP contribution in [0.25, 0.3) is 11.0 Å². The van der Waals surface area contributed by atoms with Gasteiger partial charge >= 0.3 is 0 Å². The summed E-state index contributed by atoms with van der Waals surface area (Å²) in [5, 5.41) is 19.1. The van der Waals surface area contributed by atoms with Crippen LogP contribution < -0.4 is 0 Å². The maximum absolute atomic E-state index is 13.1. The molecule has 6 nitrogen and oxygen atoms in total. The average Bonchev–Trinajstić information content (AvgIpc) is 3.29. The lowest BCUT2D eigenvalue weighted by Crippen LogP contribution is -2.45. The molecule has 0 radical (unpaired) electrons. The lowest BCUT2D eigenvalue weighted by Gasteiger charge is -2.31. The van der Waals surface area contributed by atoms with Gasteiger partial charge in [0.05, 0.1) is 11.1 Å². The third-order valence-electron chi connectivity index (χ3n) is 5.29. The smallest absolute Gasteiger partial charge is 0.244 e. The molecule has 0 saturated heterocycles. The Morgan fingerprint density at radius 2 is 1.78 bits per heavy atom. The molecule has 0 atom stereocenters. The number of hydrogen-bond donors (Lipinski definition) is 1. The fourth-order valence-electron chi connectivity index (χ4n) is 3.84. The highest BCUT2D eigenvalue weighted by molar-refractivity contribution is 5.80. The molecule has 1 aromatic heterocycles. The Bertz CT molecular complexity index is 916. The number of benzene rings is 2. The maximum Gasteiger partial charge on any atom is 0.244 e. The van der Waals surface area contributed by atoms with Crippen LogP contribution in [0, 0.1) is 0 Å². The molecule has 1 aliphatic rings. The van der Waals surface area contributed by atoms with E-state index in [1.54, 1.807) is 9.58 Å². The zero-order chi connectivity index (χ0) is 18.7. The van der Waals surface area contributed by atoms with Crippen LogP contribution in [-0.2, 0) is 17.9 Å². The molecule has 1 saturated carbocycles.